The lowest BCUT2D eigenvalue weighted by atomic mass is 10.1. The van der Waals surface area contributed by atoms with Crippen molar-refractivity contribution in [3.05, 3.63) is 52.9 Å². The van der Waals surface area contributed by atoms with Crippen LogP contribution < -0.4 is 4.74 Å². The van der Waals surface area contributed by atoms with Crippen LogP contribution in [0.5, 0.6) is 5.75 Å². The summed E-state index contributed by atoms with van der Waals surface area (Å²) in [5.74, 6) is -1.06. The van der Waals surface area contributed by atoms with Crippen molar-refractivity contribution in [1.82, 2.24) is 5.01 Å². The number of benzene rings is 1. The molecule has 0 aliphatic carbocycles. The third-order valence-electron chi connectivity index (χ3n) is 3.65. The van der Waals surface area contributed by atoms with Crippen LogP contribution in [-0.2, 0) is 6.61 Å². The normalized spacial score (nSPS) is 19.8. The smallest absolute Gasteiger partial charge is 0.438 e. The Morgan fingerprint density at radius 3 is 2.77 bits per heavy atom. The number of furan rings is 1. The van der Waals surface area contributed by atoms with Crippen LogP contribution >= 0.6 is 11.6 Å². The number of hydrazone groups is 1. The number of amides is 1. The molecule has 1 atom stereocenters. The Morgan fingerprint density at radius 1 is 1.35 bits per heavy atom. The van der Waals surface area contributed by atoms with E-state index in [1.807, 2.05) is 0 Å². The van der Waals surface area contributed by atoms with E-state index >= 15 is 0 Å². The van der Waals surface area contributed by atoms with Crippen LogP contribution in [-0.4, -0.2) is 34.1 Å². The Labute approximate surface area is 150 Å². The van der Waals surface area contributed by atoms with Crippen LogP contribution in [0.3, 0.4) is 0 Å². The zero-order chi connectivity index (χ0) is 18.9. The summed E-state index contributed by atoms with van der Waals surface area (Å²) in [5.41, 5.74) is -3.40. The van der Waals surface area contributed by atoms with E-state index in [4.69, 9.17) is 20.8 Å². The molecule has 1 aliphatic rings. The highest BCUT2D eigenvalue weighted by Gasteiger charge is 2.61. The van der Waals surface area contributed by atoms with Crippen LogP contribution in [0, 0.1) is 0 Å². The Balaban J connectivity index is 1.72. The minimum Gasteiger partial charge on any atom is -0.484 e. The molecule has 138 valence electrons. The van der Waals surface area contributed by atoms with Crippen molar-refractivity contribution in [2.45, 2.75) is 24.9 Å². The van der Waals surface area contributed by atoms with Crippen LogP contribution in [0.25, 0.3) is 0 Å². The number of rotatable bonds is 4. The molecule has 0 bridgehead atoms. The predicted octanol–water partition coefficient (Wildman–Crippen LogP) is 3.59. The van der Waals surface area contributed by atoms with Gasteiger partial charge in [0, 0.05) is 12.6 Å². The average molecular weight is 389 g/mol. The number of alkyl halides is 3. The standard InChI is InChI=1S/C16H12ClF3N2O4/c17-11-3-1-2-4-12(11)25-9-10-5-6-13(26-10)14(23)22-15(24,7-8-21-22)16(18,19)20/h1-6,8,24H,7,9H2/t15-/m1/s1. The highest BCUT2D eigenvalue weighted by atomic mass is 35.5. The Bertz CT molecular complexity index is 852. The van der Waals surface area contributed by atoms with E-state index in [-0.39, 0.29) is 17.4 Å². The number of hydrogen-bond acceptors (Lipinski definition) is 5. The molecule has 1 aromatic carbocycles. The van der Waals surface area contributed by atoms with E-state index in [1.165, 1.54) is 12.1 Å². The zero-order valence-electron chi connectivity index (χ0n) is 13.0. The van der Waals surface area contributed by atoms with E-state index < -0.39 is 30.0 Å². The largest absolute Gasteiger partial charge is 0.484 e. The van der Waals surface area contributed by atoms with E-state index in [0.29, 0.717) is 10.8 Å². The van der Waals surface area contributed by atoms with Crippen molar-refractivity contribution < 1.29 is 32.2 Å². The number of ether oxygens (including phenoxy) is 1. The molecule has 0 saturated carbocycles. The summed E-state index contributed by atoms with van der Waals surface area (Å²) in [4.78, 5) is 12.2. The summed E-state index contributed by atoms with van der Waals surface area (Å²) < 4.78 is 49.7. The van der Waals surface area contributed by atoms with Gasteiger partial charge in [-0.15, -0.1) is 0 Å². The molecule has 26 heavy (non-hydrogen) atoms. The molecule has 0 spiro atoms. The minimum absolute atomic E-state index is 0.0372. The van der Waals surface area contributed by atoms with Crippen LogP contribution in [0.15, 0.2) is 45.9 Å². The zero-order valence-corrected chi connectivity index (χ0v) is 13.8. The van der Waals surface area contributed by atoms with Crippen molar-refractivity contribution in [3.8, 4) is 5.75 Å². The van der Waals surface area contributed by atoms with Crippen LogP contribution in [0.2, 0.25) is 5.02 Å². The summed E-state index contributed by atoms with van der Waals surface area (Å²) in [6.07, 6.45) is -5.11. The van der Waals surface area contributed by atoms with E-state index in [0.717, 1.165) is 6.21 Å². The van der Waals surface area contributed by atoms with E-state index in [9.17, 15) is 23.1 Å². The van der Waals surface area contributed by atoms with Gasteiger partial charge in [-0.3, -0.25) is 4.79 Å². The summed E-state index contributed by atoms with van der Waals surface area (Å²) >= 11 is 5.94. The van der Waals surface area contributed by atoms with Gasteiger partial charge in [0.1, 0.15) is 18.1 Å². The average Bonchev–Trinajstić information content (AvgIpc) is 3.20. The van der Waals surface area contributed by atoms with Crippen molar-refractivity contribution in [2.75, 3.05) is 0 Å². The molecule has 3 rings (SSSR count). The predicted molar refractivity (Wildman–Crippen MR) is 84.8 cm³/mol. The van der Waals surface area contributed by atoms with Gasteiger partial charge in [0.15, 0.2) is 5.76 Å². The van der Waals surface area contributed by atoms with Gasteiger partial charge < -0.3 is 14.3 Å². The summed E-state index contributed by atoms with van der Waals surface area (Å²) in [7, 11) is 0. The van der Waals surface area contributed by atoms with Gasteiger partial charge in [-0.05, 0) is 24.3 Å². The second-order valence-electron chi connectivity index (χ2n) is 5.42. The topological polar surface area (TPSA) is 75.3 Å². The van der Waals surface area contributed by atoms with Crippen LogP contribution in [0.1, 0.15) is 22.7 Å². The Morgan fingerprint density at radius 2 is 2.08 bits per heavy atom. The van der Waals surface area contributed by atoms with Crippen molar-refractivity contribution in [1.29, 1.82) is 0 Å². The maximum Gasteiger partial charge on any atom is 0.438 e. The van der Waals surface area contributed by atoms with E-state index in [1.54, 1.807) is 24.3 Å². The first kappa shape index (κ1) is 18.3. The number of carbonyl (C=O) groups excluding carboxylic acids is 1. The first-order valence-electron chi connectivity index (χ1n) is 7.34. The molecule has 2 heterocycles. The van der Waals surface area contributed by atoms with Gasteiger partial charge in [0.05, 0.1) is 5.02 Å². The lowest BCUT2D eigenvalue weighted by molar-refractivity contribution is -0.297. The SMILES string of the molecule is O=C(c1ccc(COc2ccccc2Cl)o1)N1N=CC[C@@]1(O)C(F)(F)F. The lowest BCUT2D eigenvalue weighted by Crippen LogP contribution is -2.56. The highest BCUT2D eigenvalue weighted by Crippen LogP contribution is 2.39. The first-order valence-corrected chi connectivity index (χ1v) is 7.72. The molecule has 2 aromatic rings. The molecular formula is C16H12ClF3N2O4. The van der Waals surface area contributed by atoms with Gasteiger partial charge in [-0.1, -0.05) is 23.7 Å². The van der Waals surface area contributed by atoms with Crippen molar-refractivity contribution in [2.24, 2.45) is 5.10 Å². The molecule has 10 heteroatoms. The molecule has 1 amide bonds. The molecule has 0 radical (unpaired) electrons. The third kappa shape index (κ3) is 3.27. The number of nitrogens with zero attached hydrogens (tertiary/aromatic N) is 2. The van der Waals surface area contributed by atoms with Crippen molar-refractivity contribution >= 4 is 23.7 Å². The Kier molecular flexibility index (Phi) is 4.68. The number of carbonyl (C=O) groups is 1. The number of hydrogen-bond donors (Lipinski definition) is 1. The molecule has 0 saturated heterocycles. The van der Waals surface area contributed by atoms with Crippen LogP contribution in [0.4, 0.5) is 13.2 Å². The molecule has 1 N–H and O–H groups in total. The third-order valence-corrected chi connectivity index (χ3v) is 3.96. The molecule has 0 unspecified atom stereocenters. The Hall–Kier alpha value is -2.52. The van der Waals surface area contributed by atoms with E-state index in [2.05, 4.69) is 5.10 Å². The number of halogens is 4. The van der Waals surface area contributed by atoms with Gasteiger partial charge in [0.2, 0.25) is 0 Å². The van der Waals surface area contributed by atoms with Gasteiger partial charge in [-0.2, -0.15) is 23.3 Å². The first-order chi connectivity index (χ1) is 12.2. The molecule has 1 aromatic heterocycles. The lowest BCUT2D eigenvalue weighted by Gasteiger charge is -2.31. The maximum absolute atomic E-state index is 13.0. The number of aliphatic hydroxyl groups is 1. The summed E-state index contributed by atoms with van der Waals surface area (Å²) in [6.45, 7) is -0.0934. The fourth-order valence-corrected chi connectivity index (χ4v) is 2.46. The summed E-state index contributed by atoms with van der Waals surface area (Å²) in [6, 6.07) is 9.23. The molecule has 6 nitrogen and oxygen atoms in total. The fourth-order valence-electron chi connectivity index (χ4n) is 2.27. The minimum atomic E-state index is -5.07. The second kappa shape index (κ2) is 6.65. The fraction of sp³-hybridized carbons (Fsp3) is 0.250. The van der Waals surface area contributed by atoms with Gasteiger partial charge in [0.25, 0.3) is 5.72 Å². The maximum atomic E-state index is 13.0. The molecule has 1 aliphatic heterocycles. The second-order valence-corrected chi connectivity index (χ2v) is 5.83. The monoisotopic (exact) mass is 388 g/mol. The quantitative estimate of drug-likeness (QED) is 0.868. The number of para-hydroxylation sites is 1. The molecule has 0 fully saturated rings. The van der Waals surface area contributed by atoms with Gasteiger partial charge in [-0.25, -0.2) is 0 Å². The highest BCUT2D eigenvalue weighted by molar-refractivity contribution is 6.32. The van der Waals surface area contributed by atoms with Gasteiger partial charge >= 0.3 is 12.1 Å². The summed E-state index contributed by atoms with van der Waals surface area (Å²) in [5, 5.41) is 13.4. The molecular weight excluding hydrogens is 377 g/mol. The van der Waals surface area contributed by atoms with Crippen molar-refractivity contribution in [3.63, 3.8) is 0 Å².